The van der Waals surface area contributed by atoms with Gasteiger partial charge in [-0.25, -0.2) is 0 Å². The van der Waals surface area contributed by atoms with Gasteiger partial charge in [-0.2, -0.15) is 0 Å². The Labute approximate surface area is 162 Å². The Morgan fingerprint density at radius 2 is 2.00 bits per heavy atom. The largest absolute Gasteiger partial charge is 0.355 e. The van der Waals surface area contributed by atoms with Gasteiger partial charge >= 0.3 is 0 Å². The molecule has 3 rings (SSSR count). The SMILES string of the molecule is Cc1cccc(N2CC(C(=O)NCC3(C)CCNCC3)CC2=O)c1C.Cl. The maximum Gasteiger partial charge on any atom is 0.227 e. The normalized spacial score (nSPS) is 22.0. The van der Waals surface area contributed by atoms with Crippen molar-refractivity contribution in [1.29, 1.82) is 0 Å². The first kappa shape index (κ1) is 20.7. The first-order valence-electron chi connectivity index (χ1n) is 9.25. The zero-order valence-corrected chi connectivity index (χ0v) is 16.7. The molecule has 0 aliphatic carbocycles. The van der Waals surface area contributed by atoms with Gasteiger partial charge in [0.1, 0.15) is 0 Å². The number of hydrogen-bond donors (Lipinski definition) is 2. The van der Waals surface area contributed by atoms with E-state index >= 15 is 0 Å². The van der Waals surface area contributed by atoms with Crippen molar-refractivity contribution in [2.75, 3.05) is 31.1 Å². The van der Waals surface area contributed by atoms with Gasteiger partial charge in [0.2, 0.25) is 11.8 Å². The molecule has 2 fully saturated rings. The van der Waals surface area contributed by atoms with Crippen LogP contribution in [0.2, 0.25) is 0 Å². The number of rotatable bonds is 4. The fraction of sp³-hybridized carbons (Fsp3) is 0.600. The second-order valence-corrected chi connectivity index (χ2v) is 7.90. The molecule has 2 amide bonds. The number of anilines is 1. The van der Waals surface area contributed by atoms with Crippen LogP contribution in [0.4, 0.5) is 5.69 Å². The minimum absolute atomic E-state index is 0. The van der Waals surface area contributed by atoms with Crippen LogP contribution in [0.5, 0.6) is 0 Å². The van der Waals surface area contributed by atoms with Gasteiger partial charge in [0.15, 0.2) is 0 Å². The average molecular weight is 380 g/mol. The molecule has 6 heteroatoms. The highest BCUT2D eigenvalue weighted by Gasteiger charge is 2.36. The highest BCUT2D eigenvalue weighted by Crippen LogP contribution is 2.30. The van der Waals surface area contributed by atoms with Crippen molar-refractivity contribution in [3.8, 4) is 0 Å². The van der Waals surface area contributed by atoms with Crippen molar-refractivity contribution in [1.82, 2.24) is 10.6 Å². The van der Waals surface area contributed by atoms with E-state index in [4.69, 9.17) is 0 Å². The summed E-state index contributed by atoms with van der Waals surface area (Å²) in [5, 5.41) is 6.47. The standard InChI is InChI=1S/C20H29N3O2.ClH/c1-14-5-4-6-17(15(14)2)23-12-16(11-18(23)24)19(25)22-13-20(3)7-9-21-10-8-20;/h4-6,16,21H,7-13H2,1-3H3,(H,22,25);1H. The lowest BCUT2D eigenvalue weighted by molar-refractivity contribution is -0.126. The Hall–Kier alpha value is -1.59. The van der Waals surface area contributed by atoms with Gasteiger partial charge in [-0.15, -0.1) is 12.4 Å². The van der Waals surface area contributed by atoms with Crippen LogP contribution in [-0.2, 0) is 9.59 Å². The quantitative estimate of drug-likeness (QED) is 0.845. The van der Waals surface area contributed by atoms with Gasteiger partial charge in [0.05, 0.1) is 5.92 Å². The molecule has 2 saturated heterocycles. The van der Waals surface area contributed by atoms with E-state index in [1.165, 1.54) is 0 Å². The van der Waals surface area contributed by atoms with Crippen LogP contribution in [0.3, 0.4) is 0 Å². The third-order valence-corrected chi connectivity index (χ3v) is 5.86. The number of carbonyl (C=O) groups excluding carboxylic acids is 2. The van der Waals surface area contributed by atoms with E-state index in [-0.39, 0.29) is 35.6 Å². The van der Waals surface area contributed by atoms with Gasteiger partial charge in [-0.05, 0) is 62.4 Å². The summed E-state index contributed by atoms with van der Waals surface area (Å²) in [6.45, 7) is 9.50. The summed E-state index contributed by atoms with van der Waals surface area (Å²) in [6.07, 6.45) is 2.45. The number of halogens is 1. The van der Waals surface area contributed by atoms with Crippen LogP contribution in [-0.4, -0.2) is 38.0 Å². The number of piperidine rings is 1. The number of hydrogen-bond acceptors (Lipinski definition) is 3. The monoisotopic (exact) mass is 379 g/mol. The minimum Gasteiger partial charge on any atom is -0.355 e. The molecule has 0 radical (unpaired) electrons. The van der Waals surface area contributed by atoms with Crippen molar-refractivity contribution in [2.45, 2.75) is 40.0 Å². The fourth-order valence-electron chi connectivity index (χ4n) is 3.80. The molecule has 5 nitrogen and oxygen atoms in total. The van der Waals surface area contributed by atoms with Crippen LogP contribution in [0.15, 0.2) is 18.2 Å². The Bertz CT molecular complexity index is 671. The zero-order valence-electron chi connectivity index (χ0n) is 15.9. The summed E-state index contributed by atoms with van der Waals surface area (Å²) in [7, 11) is 0. The average Bonchev–Trinajstić information content (AvgIpc) is 2.98. The minimum atomic E-state index is -0.252. The van der Waals surface area contributed by atoms with E-state index in [0.29, 0.717) is 19.5 Å². The van der Waals surface area contributed by atoms with Gasteiger partial charge in [0, 0.05) is 25.2 Å². The van der Waals surface area contributed by atoms with Crippen LogP contribution in [0, 0.1) is 25.2 Å². The maximum atomic E-state index is 12.6. The molecule has 144 valence electrons. The highest BCUT2D eigenvalue weighted by atomic mass is 35.5. The van der Waals surface area contributed by atoms with Gasteiger partial charge in [-0.1, -0.05) is 19.1 Å². The smallest absolute Gasteiger partial charge is 0.227 e. The Kier molecular flexibility index (Phi) is 6.69. The number of nitrogens with zero attached hydrogens (tertiary/aromatic N) is 1. The van der Waals surface area contributed by atoms with Crippen LogP contribution >= 0.6 is 12.4 Å². The second-order valence-electron chi connectivity index (χ2n) is 7.90. The number of nitrogens with one attached hydrogen (secondary N) is 2. The van der Waals surface area contributed by atoms with Gasteiger partial charge in [-0.3, -0.25) is 9.59 Å². The molecule has 0 spiro atoms. The summed E-state index contributed by atoms with van der Waals surface area (Å²) in [4.78, 5) is 26.8. The molecule has 1 aromatic rings. The molecule has 0 saturated carbocycles. The topological polar surface area (TPSA) is 61.4 Å². The van der Waals surface area contributed by atoms with Gasteiger partial charge in [0.25, 0.3) is 0 Å². The Balaban J connectivity index is 0.00000243. The second kappa shape index (κ2) is 8.40. The molecule has 1 aromatic carbocycles. The molecule has 2 aliphatic rings. The predicted molar refractivity (Wildman–Crippen MR) is 107 cm³/mol. The third-order valence-electron chi connectivity index (χ3n) is 5.86. The molecule has 2 heterocycles. The lowest BCUT2D eigenvalue weighted by Gasteiger charge is -2.34. The van der Waals surface area contributed by atoms with Crippen LogP contribution in [0.25, 0.3) is 0 Å². The summed E-state index contributed by atoms with van der Waals surface area (Å²) in [6, 6.07) is 5.98. The molecule has 2 aliphatic heterocycles. The highest BCUT2D eigenvalue weighted by molar-refractivity contribution is 6.00. The Morgan fingerprint density at radius 1 is 1.31 bits per heavy atom. The summed E-state index contributed by atoms with van der Waals surface area (Å²) in [5.74, 6) is -0.194. The van der Waals surface area contributed by atoms with Gasteiger partial charge < -0.3 is 15.5 Å². The van der Waals surface area contributed by atoms with E-state index in [0.717, 1.165) is 42.7 Å². The summed E-state index contributed by atoms with van der Waals surface area (Å²) >= 11 is 0. The van der Waals surface area contributed by atoms with Crippen LogP contribution < -0.4 is 15.5 Å². The summed E-state index contributed by atoms with van der Waals surface area (Å²) < 4.78 is 0. The van der Waals surface area contributed by atoms with E-state index in [9.17, 15) is 9.59 Å². The molecule has 1 atom stereocenters. The van der Waals surface area contributed by atoms with Crippen molar-refractivity contribution >= 4 is 29.9 Å². The lowest BCUT2D eigenvalue weighted by Crippen LogP contribution is -2.44. The molecule has 26 heavy (non-hydrogen) atoms. The lowest BCUT2D eigenvalue weighted by atomic mass is 9.81. The maximum absolute atomic E-state index is 12.6. The number of amides is 2. The first-order chi connectivity index (χ1) is 11.9. The van der Waals surface area contributed by atoms with Crippen molar-refractivity contribution in [3.63, 3.8) is 0 Å². The Morgan fingerprint density at radius 3 is 2.69 bits per heavy atom. The summed E-state index contributed by atoms with van der Waals surface area (Å²) in [5.41, 5.74) is 3.37. The van der Waals surface area contributed by atoms with Crippen molar-refractivity contribution in [2.24, 2.45) is 11.3 Å². The van der Waals surface area contributed by atoms with Crippen molar-refractivity contribution in [3.05, 3.63) is 29.3 Å². The van der Waals surface area contributed by atoms with Crippen LogP contribution in [0.1, 0.15) is 37.3 Å². The number of aryl methyl sites for hydroxylation is 1. The third kappa shape index (κ3) is 4.38. The van der Waals surface area contributed by atoms with E-state index in [2.05, 4.69) is 17.6 Å². The molecular weight excluding hydrogens is 350 g/mol. The molecule has 1 unspecified atom stereocenters. The molecule has 0 aromatic heterocycles. The molecular formula is C20H30ClN3O2. The molecule has 0 bridgehead atoms. The number of carbonyl (C=O) groups is 2. The van der Waals surface area contributed by atoms with Crippen molar-refractivity contribution < 1.29 is 9.59 Å². The fourth-order valence-corrected chi connectivity index (χ4v) is 3.80. The zero-order chi connectivity index (χ0) is 18.0. The van der Waals surface area contributed by atoms with E-state index in [1.54, 1.807) is 4.90 Å². The van der Waals surface area contributed by atoms with E-state index < -0.39 is 0 Å². The predicted octanol–water partition coefficient (Wildman–Crippen LogP) is 2.58. The van der Waals surface area contributed by atoms with E-state index in [1.807, 2.05) is 32.0 Å². The number of benzene rings is 1. The molecule has 2 N–H and O–H groups in total. The first-order valence-corrected chi connectivity index (χ1v) is 9.25.